The third-order valence-corrected chi connectivity index (χ3v) is 1.80. The fourth-order valence-electron chi connectivity index (χ4n) is 1.06. The fraction of sp³-hybridized carbons (Fsp3) is 0.462. The second-order valence-corrected chi connectivity index (χ2v) is 4.23. The van der Waals surface area contributed by atoms with E-state index in [0.29, 0.717) is 12.1 Å². The zero-order chi connectivity index (χ0) is 12.0. The molecule has 1 radical (unpaired) electrons. The van der Waals surface area contributed by atoms with Crippen LogP contribution in [-0.2, 0) is 18.6 Å². The van der Waals surface area contributed by atoms with Crippen LogP contribution in [-0.4, -0.2) is 29.5 Å². The molecule has 3 nitrogen and oxygen atoms in total. The molecule has 0 atom stereocenters. The topological polar surface area (TPSA) is 37.6 Å². The second kappa shape index (κ2) is 15.3. The Bertz CT molecular complexity index is 363. The average molecular weight is 375 g/mol. The van der Waals surface area contributed by atoms with Crippen LogP contribution < -0.4 is 37.2 Å². The summed E-state index contributed by atoms with van der Waals surface area (Å²) in [4.78, 5) is 13.0. The average Bonchev–Trinajstić information content (AvgIpc) is 2.24. The minimum Gasteiger partial charge on any atom is -1.00 e. The molecule has 0 unspecified atom stereocenters. The normalized spacial score (nSPS) is 9.90. The van der Waals surface area contributed by atoms with Crippen molar-refractivity contribution < 1.29 is 55.8 Å². The van der Waals surface area contributed by atoms with Gasteiger partial charge in [-0.3, -0.25) is 9.98 Å². The van der Waals surface area contributed by atoms with Crippen LogP contribution in [0.4, 0.5) is 0 Å². The predicted octanol–water partition coefficient (Wildman–Crippen LogP) is -6.25. The van der Waals surface area contributed by atoms with E-state index in [9.17, 15) is 0 Å². The van der Waals surface area contributed by atoms with Gasteiger partial charge in [0.2, 0.25) is 0 Å². The van der Waals surface area contributed by atoms with Crippen molar-refractivity contribution in [3.8, 4) is 0 Å². The molecule has 0 saturated heterocycles. The number of halogens is 3. The number of pyridine rings is 1. The van der Waals surface area contributed by atoms with E-state index in [0.717, 1.165) is 11.4 Å². The molecule has 7 heteroatoms. The van der Waals surface area contributed by atoms with E-state index in [1.165, 1.54) is 0 Å². The first-order chi connectivity index (χ1) is 7.58. The van der Waals surface area contributed by atoms with Gasteiger partial charge >= 0.3 is 0 Å². The summed E-state index contributed by atoms with van der Waals surface area (Å²) in [5, 5.41) is 0. The first-order valence-electron chi connectivity index (χ1n) is 5.61. The van der Waals surface area contributed by atoms with Crippen LogP contribution in [0.2, 0.25) is 0 Å². The molecule has 0 aliphatic rings. The molecule has 20 heavy (non-hydrogen) atoms. The standard InChI is InChI=1S/C13H19N3.3ClH.V/c1-10(2)14-8-12-6-5-7-13(16-12)9-15-11(3)4;;;;/h5-11H,1-4H3;3*1H;/p-3. The van der Waals surface area contributed by atoms with E-state index in [1.54, 1.807) is 12.4 Å². The number of aliphatic imine (C=N–C) groups is 2. The minimum absolute atomic E-state index is 0. The number of aromatic nitrogens is 1. The van der Waals surface area contributed by atoms with E-state index < -0.39 is 0 Å². The molecule has 0 bridgehead atoms. The summed E-state index contributed by atoms with van der Waals surface area (Å²) in [6, 6.07) is 6.46. The van der Waals surface area contributed by atoms with Crippen molar-refractivity contribution in [3.05, 3.63) is 29.6 Å². The molecule has 1 rings (SSSR count). The van der Waals surface area contributed by atoms with Crippen LogP contribution in [0.25, 0.3) is 0 Å². The Labute approximate surface area is 152 Å². The summed E-state index contributed by atoms with van der Waals surface area (Å²) >= 11 is 0. The molecule has 0 fully saturated rings. The number of hydrogen-bond acceptors (Lipinski definition) is 3. The van der Waals surface area contributed by atoms with Crippen molar-refractivity contribution in [1.82, 2.24) is 4.98 Å². The molecule has 1 aromatic heterocycles. The summed E-state index contributed by atoms with van der Waals surface area (Å²) in [7, 11) is 0. The number of rotatable bonds is 4. The van der Waals surface area contributed by atoms with Gasteiger partial charge in [0.25, 0.3) is 0 Å². The summed E-state index contributed by atoms with van der Waals surface area (Å²) in [5.41, 5.74) is 1.75. The number of hydrogen-bond donors (Lipinski definition) is 0. The van der Waals surface area contributed by atoms with Crippen molar-refractivity contribution in [1.29, 1.82) is 0 Å². The van der Waals surface area contributed by atoms with E-state index in [2.05, 4.69) is 15.0 Å². The van der Waals surface area contributed by atoms with Crippen LogP contribution >= 0.6 is 0 Å². The van der Waals surface area contributed by atoms with E-state index >= 15 is 0 Å². The molecule has 1 aromatic rings. The monoisotopic (exact) mass is 373 g/mol. The Morgan fingerprint density at radius 2 is 1.20 bits per heavy atom. The van der Waals surface area contributed by atoms with Crippen LogP contribution in [0.3, 0.4) is 0 Å². The molecule has 0 amide bonds. The van der Waals surface area contributed by atoms with Gasteiger partial charge in [-0.25, -0.2) is 4.98 Å². The number of nitrogens with zero attached hydrogens (tertiary/aromatic N) is 3. The Hall–Kier alpha value is -0.0556. The SMILES string of the molecule is CC(C)N=Cc1cccc(C=NC(C)C)n1.[Cl-].[Cl-].[Cl-].[V]. The van der Waals surface area contributed by atoms with Gasteiger partial charge in [0.1, 0.15) is 0 Å². The van der Waals surface area contributed by atoms with Crippen molar-refractivity contribution in [2.75, 3.05) is 0 Å². The maximum atomic E-state index is 4.42. The van der Waals surface area contributed by atoms with Gasteiger partial charge in [-0.1, -0.05) is 6.07 Å². The fourth-order valence-corrected chi connectivity index (χ4v) is 1.06. The maximum absolute atomic E-state index is 4.42. The van der Waals surface area contributed by atoms with Crippen LogP contribution in [0.15, 0.2) is 28.2 Å². The van der Waals surface area contributed by atoms with Crippen molar-refractivity contribution in [3.63, 3.8) is 0 Å². The predicted molar refractivity (Wildman–Crippen MR) is 69.7 cm³/mol. The maximum Gasteiger partial charge on any atom is 0.0815 e. The van der Waals surface area contributed by atoms with Gasteiger partial charge in [-0.05, 0) is 39.8 Å². The van der Waals surface area contributed by atoms with E-state index in [4.69, 9.17) is 0 Å². The van der Waals surface area contributed by atoms with Crippen molar-refractivity contribution in [2.45, 2.75) is 39.8 Å². The molecule has 0 saturated carbocycles. The smallest absolute Gasteiger partial charge is 0.0815 e. The van der Waals surface area contributed by atoms with Crippen molar-refractivity contribution >= 4 is 12.4 Å². The third kappa shape index (κ3) is 13.0. The molecular formula is C13H19Cl3N3V-3. The zero-order valence-corrected chi connectivity index (χ0v) is 15.6. The molecule has 0 aliphatic heterocycles. The van der Waals surface area contributed by atoms with Gasteiger partial charge in [0.05, 0.1) is 11.4 Å². The van der Waals surface area contributed by atoms with Gasteiger partial charge in [0, 0.05) is 43.1 Å². The van der Waals surface area contributed by atoms with Gasteiger partial charge in [-0.15, -0.1) is 0 Å². The molecule has 1 heterocycles. The van der Waals surface area contributed by atoms with Gasteiger partial charge in [0.15, 0.2) is 0 Å². The molecule has 115 valence electrons. The van der Waals surface area contributed by atoms with Gasteiger partial charge in [-0.2, -0.15) is 0 Å². The largest absolute Gasteiger partial charge is 1.00 e. The summed E-state index contributed by atoms with van der Waals surface area (Å²) in [6.07, 6.45) is 3.61. The Morgan fingerprint density at radius 1 is 0.850 bits per heavy atom. The summed E-state index contributed by atoms with van der Waals surface area (Å²) < 4.78 is 0. The molecule has 0 N–H and O–H groups in total. The summed E-state index contributed by atoms with van der Waals surface area (Å²) in [6.45, 7) is 8.17. The van der Waals surface area contributed by atoms with E-state index in [-0.39, 0.29) is 55.8 Å². The zero-order valence-electron chi connectivity index (χ0n) is 12.0. The molecule has 0 aromatic carbocycles. The molecular weight excluding hydrogens is 355 g/mol. The molecule has 0 aliphatic carbocycles. The molecule has 0 spiro atoms. The van der Waals surface area contributed by atoms with Crippen LogP contribution in [0.5, 0.6) is 0 Å². The van der Waals surface area contributed by atoms with E-state index in [1.807, 2.05) is 45.9 Å². The van der Waals surface area contributed by atoms with Crippen molar-refractivity contribution in [2.24, 2.45) is 9.98 Å². The van der Waals surface area contributed by atoms with Gasteiger partial charge < -0.3 is 37.2 Å². The van der Waals surface area contributed by atoms with Crippen LogP contribution in [0.1, 0.15) is 39.1 Å². The quantitative estimate of drug-likeness (QED) is 0.483. The van der Waals surface area contributed by atoms with Crippen LogP contribution in [0, 0.1) is 0 Å². The third-order valence-electron chi connectivity index (χ3n) is 1.80. The Balaban J connectivity index is -0.000000320. The Kier molecular flexibility index (Phi) is 21.6. The second-order valence-electron chi connectivity index (χ2n) is 4.23. The minimum atomic E-state index is 0. The Morgan fingerprint density at radius 3 is 1.50 bits per heavy atom. The summed E-state index contributed by atoms with van der Waals surface area (Å²) in [5.74, 6) is 0. The first kappa shape index (κ1) is 28.2. The first-order valence-corrected chi connectivity index (χ1v) is 5.61.